The molecule has 3 atom stereocenters. The fourth-order valence-electron chi connectivity index (χ4n) is 5.73. The number of aromatic nitrogens is 2. The van der Waals surface area contributed by atoms with Crippen molar-refractivity contribution in [1.82, 2.24) is 35.4 Å². The van der Waals surface area contributed by atoms with Gasteiger partial charge in [0.05, 0.1) is 12.0 Å². The van der Waals surface area contributed by atoms with Crippen LogP contribution in [0.15, 0.2) is 76.4 Å². The molecule has 44 heavy (non-hydrogen) atoms. The highest BCUT2D eigenvalue weighted by Crippen LogP contribution is 2.35. The second kappa shape index (κ2) is 11.3. The number of anilines is 1. The largest absolute Gasteiger partial charge is 0.436 e. The highest BCUT2D eigenvalue weighted by atomic mass is 19.1. The van der Waals surface area contributed by atoms with Gasteiger partial charge in [0.25, 0.3) is 5.91 Å². The van der Waals surface area contributed by atoms with Gasteiger partial charge in [0, 0.05) is 57.7 Å². The number of rotatable bonds is 7. The maximum atomic E-state index is 13.6. The van der Waals surface area contributed by atoms with Gasteiger partial charge in [-0.15, -0.1) is 10.6 Å². The first-order valence-corrected chi connectivity index (χ1v) is 14.6. The Kier molecular flexibility index (Phi) is 7.18. The molecule has 3 aliphatic rings. The Hall–Kier alpha value is -4.88. The molecular formula is C31H32FN9O3. The maximum Gasteiger partial charge on any atom is 0.272 e. The summed E-state index contributed by atoms with van der Waals surface area (Å²) < 4.78 is 19.2. The van der Waals surface area contributed by atoms with Crippen LogP contribution in [-0.2, 0) is 4.79 Å². The molecule has 4 aromatic rings. The number of hydrazone groups is 1. The highest BCUT2D eigenvalue weighted by molar-refractivity contribution is 5.96. The van der Waals surface area contributed by atoms with Gasteiger partial charge < -0.3 is 14.6 Å². The van der Waals surface area contributed by atoms with Gasteiger partial charge in [-0.3, -0.25) is 24.5 Å². The molecule has 2 aromatic heterocycles. The van der Waals surface area contributed by atoms with Crippen LogP contribution in [0.25, 0.3) is 22.6 Å². The third-order valence-electron chi connectivity index (χ3n) is 8.15. The number of nitrogens with one attached hydrogen (secondary N) is 2. The number of alkyl halides is 1. The van der Waals surface area contributed by atoms with E-state index >= 15 is 0 Å². The fourth-order valence-corrected chi connectivity index (χ4v) is 5.73. The predicted octanol–water partition coefficient (Wildman–Crippen LogP) is 3.30. The van der Waals surface area contributed by atoms with E-state index < -0.39 is 12.1 Å². The standard InChI is InChI=1S/C31H32FN9O3/c1-38-28(36-39(2)37-38)27(19-6-4-3-5-7-19)40-12-14-41(15-13-40)31(43)25-16-20(10-11-33-25)30-35-24-17-21(8-9-26(24)44-30)34-29(42)22-18-23(22)32/h3-11,16-17,22-23,27,37H,12-15,18H2,1-2H3,(H,34,42)/t22-,23-,27+/m1/s1. The van der Waals surface area contributed by atoms with Crippen molar-refractivity contribution < 1.29 is 18.4 Å². The number of benzene rings is 2. The molecule has 1 saturated heterocycles. The van der Waals surface area contributed by atoms with Crippen LogP contribution >= 0.6 is 0 Å². The number of fused-ring (bicyclic) bond motifs is 1. The average molecular weight is 598 g/mol. The zero-order chi connectivity index (χ0) is 30.4. The molecule has 0 unspecified atom stereocenters. The molecule has 2 aliphatic heterocycles. The predicted molar refractivity (Wildman–Crippen MR) is 162 cm³/mol. The highest BCUT2D eigenvalue weighted by Gasteiger charge is 2.43. The van der Waals surface area contributed by atoms with Crippen molar-refractivity contribution in [2.24, 2.45) is 11.0 Å². The Balaban J connectivity index is 1.05. The van der Waals surface area contributed by atoms with Gasteiger partial charge >= 0.3 is 0 Å². The number of hydrazine groups is 2. The van der Waals surface area contributed by atoms with Crippen molar-refractivity contribution in [3.8, 4) is 11.5 Å². The van der Waals surface area contributed by atoms with Crippen molar-refractivity contribution in [3.63, 3.8) is 0 Å². The van der Waals surface area contributed by atoms with E-state index in [4.69, 9.17) is 9.52 Å². The maximum absolute atomic E-state index is 13.6. The first-order chi connectivity index (χ1) is 21.3. The van der Waals surface area contributed by atoms with Crippen molar-refractivity contribution >= 4 is 34.4 Å². The number of oxazole rings is 1. The van der Waals surface area contributed by atoms with Crippen LogP contribution in [0.5, 0.6) is 0 Å². The zero-order valence-corrected chi connectivity index (χ0v) is 24.4. The van der Waals surface area contributed by atoms with E-state index in [1.807, 2.05) is 42.2 Å². The van der Waals surface area contributed by atoms with Crippen LogP contribution in [0, 0.1) is 5.92 Å². The molecule has 226 valence electrons. The summed E-state index contributed by atoms with van der Waals surface area (Å²) in [6.45, 7) is 2.40. The number of hydrogen-bond acceptors (Lipinski definition) is 10. The topological polar surface area (TPSA) is 122 Å². The Bertz CT molecular complexity index is 1740. The number of piperazine rings is 1. The minimum atomic E-state index is -1.07. The van der Waals surface area contributed by atoms with Crippen LogP contribution in [-0.4, -0.2) is 94.0 Å². The van der Waals surface area contributed by atoms with Gasteiger partial charge in [-0.2, -0.15) is 0 Å². The van der Waals surface area contributed by atoms with E-state index in [-0.39, 0.29) is 24.3 Å². The lowest BCUT2D eigenvalue weighted by molar-refractivity contribution is -0.117. The molecular weight excluding hydrogens is 565 g/mol. The van der Waals surface area contributed by atoms with Gasteiger partial charge in [0.1, 0.15) is 17.4 Å². The number of amidine groups is 1. The van der Waals surface area contributed by atoms with Crippen LogP contribution < -0.4 is 10.9 Å². The van der Waals surface area contributed by atoms with E-state index in [9.17, 15) is 14.0 Å². The number of likely N-dealkylation sites (N-methyl/N-ethyl adjacent to an activating group) is 1. The molecule has 4 heterocycles. The van der Waals surface area contributed by atoms with Gasteiger partial charge in [-0.05, 0) is 42.3 Å². The number of halogens is 1. The number of carbonyl (C=O) groups excluding carboxylic acids is 2. The number of pyridine rings is 1. The minimum Gasteiger partial charge on any atom is -0.436 e. The van der Waals surface area contributed by atoms with E-state index in [1.165, 1.54) is 0 Å². The van der Waals surface area contributed by atoms with E-state index in [0.717, 1.165) is 11.4 Å². The van der Waals surface area contributed by atoms with Gasteiger partial charge in [-0.1, -0.05) is 30.3 Å². The van der Waals surface area contributed by atoms with E-state index in [1.54, 1.807) is 41.6 Å². The Morgan fingerprint density at radius 3 is 2.52 bits per heavy atom. The van der Waals surface area contributed by atoms with E-state index in [0.29, 0.717) is 60.1 Å². The third kappa shape index (κ3) is 5.47. The Morgan fingerprint density at radius 2 is 1.82 bits per heavy atom. The number of nitrogens with zero attached hydrogens (tertiary/aromatic N) is 7. The summed E-state index contributed by atoms with van der Waals surface area (Å²) in [6.07, 6.45) is 0.772. The third-order valence-corrected chi connectivity index (χ3v) is 8.15. The lowest BCUT2D eigenvalue weighted by Crippen LogP contribution is -2.53. The van der Waals surface area contributed by atoms with Crippen LogP contribution in [0.2, 0.25) is 0 Å². The lowest BCUT2D eigenvalue weighted by Gasteiger charge is -2.39. The molecule has 2 amide bonds. The fraction of sp³-hybridized carbons (Fsp3) is 0.323. The van der Waals surface area contributed by atoms with E-state index in [2.05, 4.69) is 37.9 Å². The van der Waals surface area contributed by atoms with Crippen molar-refractivity contribution in [2.45, 2.75) is 18.6 Å². The molecule has 12 nitrogen and oxygen atoms in total. The summed E-state index contributed by atoms with van der Waals surface area (Å²) >= 11 is 0. The number of amides is 2. The molecule has 0 spiro atoms. The molecule has 2 fully saturated rings. The zero-order valence-electron chi connectivity index (χ0n) is 24.4. The lowest BCUT2D eigenvalue weighted by atomic mass is 10.0. The summed E-state index contributed by atoms with van der Waals surface area (Å²) in [5.74, 6) is 0.145. The summed E-state index contributed by atoms with van der Waals surface area (Å²) in [7, 11) is 3.81. The second-order valence-corrected chi connectivity index (χ2v) is 11.3. The molecule has 1 aliphatic carbocycles. The molecule has 0 radical (unpaired) electrons. The first-order valence-electron chi connectivity index (χ1n) is 14.6. The molecule has 0 bridgehead atoms. The average Bonchev–Trinajstić information content (AvgIpc) is 3.47. The van der Waals surface area contributed by atoms with Gasteiger partial charge in [0.15, 0.2) is 11.4 Å². The summed E-state index contributed by atoms with van der Waals surface area (Å²) in [5, 5.41) is 11.0. The normalized spacial score (nSPS) is 21.0. The van der Waals surface area contributed by atoms with Crippen molar-refractivity contribution in [2.75, 3.05) is 45.6 Å². The molecule has 2 N–H and O–H groups in total. The van der Waals surface area contributed by atoms with Crippen LogP contribution in [0.3, 0.4) is 0 Å². The number of carbonyl (C=O) groups is 2. The molecule has 2 aromatic carbocycles. The molecule has 13 heteroatoms. The SMILES string of the molecule is CN1N=C([C@H](c2ccccc2)N2CCN(C(=O)c3cc(-c4nc5cc(NC(=O)[C@@H]6C[C@H]6F)ccc5o4)ccn3)CC2)N(C)N1. The van der Waals surface area contributed by atoms with Gasteiger partial charge in [0.2, 0.25) is 11.8 Å². The Morgan fingerprint density at radius 1 is 1.05 bits per heavy atom. The summed E-state index contributed by atoms with van der Waals surface area (Å²) in [4.78, 5) is 38.8. The van der Waals surface area contributed by atoms with Gasteiger partial charge in [-0.25, -0.2) is 14.5 Å². The molecule has 7 rings (SSSR count). The summed E-state index contributed by atoms with van der Waals surface area (Å²) in [6, 6.07) is 18.7. The number of hydrogen-bond donors (Lipinski definition) is 2. The van der Waals surface area contributed by atoms with Crippen LogP contribution in [0.1, 0.15) is 28.5 Å². The second-order valence-electron chi connectivity index (χ2n) is 11.3. The van der Waals surface area contributed by atoms with Crippen molar-refractivity contribution in [3.05, 3.63) is 78.1 Å². The minimum absolute atomic E-state index is 0.0698. The van der Waals surface area contributed by atoms with Crippen molar-refractivity contribution in [1.29, 1.82) is 0 Å². The smallest absolute Gasteiger partial charge is 0.272 e. The Labute approximate surface area is 253 Å². The first kappa shape index (κ1) is 27.9. The monoisotopic (exact) mass is 597 g/mol. The van der Waals surface area contributed by atoms with Crippen LogP contribution in [0.4, 0.5) is 10.1 Å². The quantitative estimate of drug-likeness (QED) is 0.331. The summed E-state index contributed by atoms with van der Waals surface area (Å²) in [5.41, 5.74) is 6.82. The molecule has 1 saturated carbocycles.